The van der Waals surface area contributed by atoms with Gasteiger partial charge in [-0.15, -0.1) is 0 Å². The topological polar surface area (TPSA) is 32.3 Å². The number of anilines is 1. The second kappa shape index (κ2) is 7.67. The van der Waals surface area contributed by atoms with E-state index in [0.717, 1.165) is 30.9 Å². The van der Waals surface area contributed by atoms with Crippen molar-refractivity contribution in [3.05, 3.63) is 42.5 Å². The van der Waals surface area contributed by atoms with Crippen LogP contribution in [0, 0.1) is 0 Å². The minimum absolute atomic E-state index is 0.0568. The van der Waals surface area contributed by atoms with Gasteiger partial charge in [0.15, 0.2) is 0 Å². The van der Waals surface area contributed by atoms with Crippen molar-refractivity contribution in [1.82, 2.24) is 4.90 Å². The maximum absolute atomic E-state index is 11.8. The summed E-state index contributed by atoms with van der Waals surface area (Å²) >= 11 is 0. The van der Waals surface area contributed by atoms with Crippen molar-refractivity contribution in [3.8, 4) is 0 Å². The van der Waals surface area contributed by atoms with E-state index < -0.39 is 0 Å². The van der Waals surface area contributed by atoms with Gasteiger partial charge in [-0.2, -0.15) is 0 Å². The molecule has 1 rings (SSSR count). The van der Waals surface area contributed by atoms with E-state index in [1.807, 2.05) is 37.3 Å². The number of likely N-dealkylation sites (N-methyl/N-ethyl adjacent to an activating group) is 1. The summed E-state index contributed by atoms with van der Waals surface area (Å²) < 4.78 is 0. The van der Waals surface area contributed by atoms with Crippen LogP contribution in [0.2, 0.25) is 0 Å². The van der Waals surface area contributed by atoms with Crippen LogP contribution in [0.3, 0.4) is 0 Å². The molecule has 0 heterocycles. The van der Waals surface area contributed by atoms with Crippen molar-refractivity contribution in [2.75, 3.05) is 25.0 Å². The molecular weight excluding hydrogens is 224 g/mol. The molecule has 98 valence electrons. The standard InChI is InChI=1S/C15H22N2O/c1-4-17(12-13(2)3)11-10-15(18)16-14-8-6-5-7-9-14/h5-9H,2,4,10-12H2,1,3H3,(H,16,18). The molecule has 0 atom stereocenters. The first kappa shape index (κ1) is 14.5. The monoisotopic (exact) mass is 246 g/mol. The van der Waals surface area contributed by atoms with E-state index >= 15 is 0 Å². The largest absolute Gasteiger partial charge is 0.326 e. The van der Waals surface area contributed by atoms with Gasteiger partial charge in [-0.25, -0.2) is 0 Å². The van der Waals surface area contributed by atoms with Crippen molar-refractivity contribution < 1.29 is 4.79 Å². The quantitative estimate of drug-likeness (QED) is 0.750. The van der Waals surface area contributed by atoms with Gasteiger partial charge in [-0.1, -0.05) is 37.3 Å². The van der Waals surface area contributed by atoms with Crippen molar-refractivity contribution in [2.24, 2.45) is 0 Å². The number of hydrogen-bond acceptors (Lipinski definition) is 2. The Labute approximate surface area is 109 Å². The molecule has 1 N–H and O–H groups in total. The number of amides is 1. The molecule has 1 aromatic carbocycles. The molecule has 0 aliphatic carbocycles. The minimum Gasteiger partial charge on any atom is -0.326 e. The highest BCUT2D eigenvalue weighted by molar-refractivity contribution is 5.90. The minimum atomic E-state index is 0.0568. The van der Waals surface area contributed by atoms with Crippen molar-refractivity contribution in [1.29, 1.82) is 0 Å². The molecule has 0 radical (unpaired) electrons. The number of benzene rings is 1. The number of hydrogen-bond donors (Lipinski definition) is 1. The van der Waals surface area contributed by atoms with Crippen LogP contribution in [-0.4, -0.2) is 30.4 Å². The number of nitrogens with zero attached hydrogens (tertiary/aromatic N) is 1. The SMILES string of the molecule is C=C(C)CN(CC)CCC(=O)Nc1ccccc1. The molecular formula is C15H22N2O. The first-order chi connectivity index (χ1) is 8.61. The van der Waals surface area contributed by atoms with Crippen molar-refractivity contribution in [2.45, 2.75) is 20.3 Å². The lowest BCUT2D eigenvalue weighted by molar-refractivity contribution is -0.116. The van der Waals surface area contributed by atoms with E-state index in [9.17, 15) is 4.79 Å². The summed E-state index contributed by atoms with van der Waals surface area (Å²) in [5.41, 5.74) is 1.98. The molecule has 0 bridgehead atoms. The van der Waals surface area contributed by atoms with E-state index in [4.69, 9.17) is 0 Å². The number of nitrogens with one attached hydrogen (secondary N) is 1. The second-order valence-corrected chi connectivity index (χ2v) is 4.49. The van der Waals surface area contributed by atoms with Gasteiger partial charge < -0.3 is 5.32 Å². The van der Waals surface area contributed by atoms with E-state index in [0.29, 0.717) is 6.42 Å². The molecule has 0 aliphatic heterocycles. The average molecular weight is 246 g/mol. The van der Waals surface area contributed by atoms with Crippen LogP contribution in [0.1, 0.15) is 20.3 Å². The molecule has 0 spiro atoms. The van der Waals surface area contributed by atoms with Crippen LogP contribution in [-0.2, 0) is 4.79 Å². The number of carbonyl (C=O) groups excluding carboxylic acids is 1. The van der Waals surface area contributed by atoms with Crippen LogP contribution < -0.4 is 5.32 Å². The molecule has 0 aromatic heterocycles. The highest BCUT2D eigenvalue weighted by atomic mass is 16.1. The molecule has 0 aliphatic rings. The third kappa shape index (κ3) is 5.64. The van der Waals surface area contributed by atoms with Gasteiger partial charge in [0.1, 0.15) is 0 Å². The number of rotatable bonds is 7. The molecule has 3 nitrogen and oxygen atoms in total. The maximum Gasteiger partial charge on any atom is 0.225 e. The fraction of sp³-hybridized carbons (Fsp3) is 0.400. The fourth-order valence-electron chi connectivity index (χ4n) is 1.74. The molecule has 0 saturated heterocycles. The summed E-state index contributed by atoms with van der Waals surface area (Å²) in [7, 11) is 0. The van der Waals surface area contributed by atoms with Crippen molar-refractivity contribution >= 4 is 11.6 Å². The first-order valence-electron chi connectivity index (χ1n) is 6.33. The first-order valence-corrected chi connectivity index (χ1v) is 6.33. The van der Waals surface area contributed by atoms with Crippen LogP contribution in [0.5, 0.6) is 0 Å². The Morgan fingerprint density at radius 2 is 2.00 bits per heavy atom. The zero-order valence-corrected chi connectivity index (χ0v) is 11.3. The lowest BCUT2D eigenvalue weighted by Gasteiger charge is -2.19. The Hall–Kier alpha value is -1.61. The summed E-state index contributed by atoms with van der Waals surface area (Å²) in [6.07, 6.45) is 0.510. The highest BCUT2D eigenvalue weighted by Crippen LogP contribution is 2.06. The Morgan fingerprint density at radius 3 is 2.56 bits per heavy atom. The van der Waals surface area contributed by atoms with Crippen LogP contribution in [0.4, 0.5) is 5.69 Å². The van der Waals surface area contributed by atoms with E-state index in [1.165, 1.54) is 0 Å². The van der Waals surface area contributed by atoms with E-state index in [-0.39, 0.29) is 5.91 Å². The predicted octanol–water partition coefficient (Wildman–Crippen LogP) is 2.91. The zero-order chi connectivity index (χ0) is 13.4. The highest BCUT2D eigenvalue weighted by Gasteiger charge is 2.06. The van der Waals surface area contributed by atoms with E-state index in [2.05, 4.69) is 23.7 Å². The van der Waals surface area contributed by atoms with Gasteiger partial charge in [0.2, 0.25) is 5.91 Å². The van der Waals surface area contributed by atoms with E-state index in [1.54, 1.807) is 0 Å². The lowest BCUT2D eigenvalue weighted by atomic mass is 10.2. The normalized spacial score (nSPS) is 10.4. The van der Waals surface area contributed by atoms with Gasteiger partial charge >= 0.3 is 0 Å². The second-order valence-electron chi connectivity index (χ2n) is 4.49. The van der Waals surface area contributed by atoms with Crippen LogP contribution in [0.25, 0.3) is 0 Å². The lowest BCUT2D eigenvalue weighted by Crippen LogP contribution is -2.29. The maximum atomic E-state index is 11.8. The molecule has 0 saturated carbocycles. The van der Waals surface area contributed by atoms with Gasteiger partial charge in [-0.3, -0.25) is 9.69 Å². The molecule has 3 heteroatoms. The number of carbonyl (C=O) groups is 1. The molecule has 0 unspecified atom stereocenters. The Kier molecular flexibility index (Phi) is 6.15. The summed E-state index contributed by atoms with van der Waals surface area (Å²) in [6.45, 7) is 10.6. The molecule has 0 fully saturated rings. The predicted molar refractivity (Wildman–Crippen MR) is 76.6 cm³/mol. The van der Waals surface area contributed by atoms with Crippen molar-refractivity contribution in [3.63, 3.8) is 0 Å². The Balaban J connectivity index is 2.34. The average Bonchev–Trinajstić information content (AvgIpc) is 2.35. The smallest absolute Gasteiger partial charge is 0.225 e. The summed E-state index contributed by atoms with van der Waals surface area (Å²) in [4.78, 5) is 14.0. The van der Waals surface area contributed by atoms with Gasteiger partial charge in [-0.05, 0) is 25.6 Å². The summed E-state index contributed by atoms with van der Waals surface area (Å²) in [5, 5.41) is 2.89. The third-order valence-electron chi connectivity index (χ3n) is 2.65. The van der Waals surface area contributed by atoms with Gasteiger partial charge in [0, 0.05) is 25.2 Å². The van der Waals surface area contributed by atoms with Crippen LogP contribution >= 0.6 is 0 Å². The van der Waals surface area contributed by atoms with Gasteiger partial charge in [0.05, 0.1) is 0 Å². The van der Waals surface area contributed by atoms with Crippen LogP contribution in [0.15, 0.2) is 42.5 Å². The van der Waals surface area contributed by atoms with Gasteiger partial charge in [0.25, 0.3) is 0 Å². The molecule has 18 heavy (non-hydrogen) atoms. The molecule has 1 amide bonds. The fourth-order valence-corrected chi connectivity index (χ4v) is 1.74. The summed E-state index contributed by atoms with van der Waals surface area (Å²) in [6, 6.07) is 9.54. The third-order valence-corrected chi connectivity index (χ3v) is 2.65. The Bertz CT molecular complexity index is 387. The Morgan fingerprint density at radius 1 is 1.33 bits per heavy atom. The number of para-hydroxylation sites is 1. The zero-order valence-electron chi connectivity index (χ0n) is 11.3. The summed E-state index contributed by atoms with van der Waals surface area (Å²) in [5.74, 6) is 0.0568. The molecule has 1 aromatic rings.